The van der Waals surface area contributed by atoms with Crippen LogP contribution in [0.4, 0.5) is 0 Å². The van der Waals surface area contributed by atoms with Crippen LogP contribution >= 0.6 is 0 Å². The third-order valence-electron chi connectivity index (χ3n) is 7.50. The van der Waals surface area contributed by atoms with Gasteiger partial charge >= 0.3 is 23.7 Å². The first kappa shape index (κ1) is 37.8. The summed E-state index contributed by atoms with van der Waals surface area (Å²) in [4.78, 5) is 24.8. The highest BCUT2D eigenvalue weighted by Gasteiger charge is 2.55. The van der Waals surface area contributed by atoms with Crippen LogP contribution in [0.15, 0.2) is 0 Å². The topological polar surface area (TPSA) is 113 Å². The standard InChI is InChI=1S/C32H62O7/c1-4-7-9-11-13-15-17-19-21-23-25-27-29(33)38-31(6-3,32(35,36)37)39-30(34)28-26-24-22-20-18-16-14-12-10-8-5-2/h35-37H,4-28H2,1-3H3. The summed E-state index contributed by atoms with van der Waals surface area (Å²) in [7, 11) is 0. The number of rotatable bonds is 28. The lowest BCUT2D eigenvalue weighted by molar-refractivity contribution is -0.445. The Labute approximate surface area is 239 Å². The Morgan fingerprint density at radius 2 is 0.718 bits per heavy atom. The number of esters is 2. The molecular formula is C32H62O7. The van der Waals surface area contributed by atoms with E-state index in [9.17, 15) is 24.9 Å². The van der Waals surface area contributed by atoms with E-state index in [1.807, 2.05) is 0 Å². The van der Waals surface area contributed by atoms with Gasteiger partial charge in [0.2, 0.25) is 0 Å². The van der Waals surface area contributed by atoms with Gasteiger partial charge < -0.3 is 24.8 Å². The Balaban J connectivity index is 4.20. The van der Waals surface area contributed by atoms with Crippen LogP contribution in [-0.4, -0.2) is 39.0 Å². The lowest BCUT2D eigenvalue weighted by Gasteiger charge is -2.37. The van der Waals surface area contributed by atoms with Gasteiger partial charge in [-0.1, -0.05) is 149 Å². The second-order valence-electron chi connectivity index (χ2n) is 11.3. The lowest BCUT2D eigenvalue weighted by atomic mass is 10.1. The average Bonchev–Trinajstić information content (AvgIpc) is 2.89. The van der Waals surface area contributed by atoms with Crippen molar-refractivity contribution >= 4 is 11.9 Å². The van der Waals surface area contributed by atoms with E-state index >= 15 is 0 Å². The number of carbonyl (C=O) groups is 2. The predicted octanol–water partition coefficient (Wildman–Crippen LogP) is 8.21. The molecule has 0 spiro atoms. The first-order valence-corrected chi connectivity index (χ1v) is 16.3. The number of hydrogen-bond donors (Lipinski definition) is 3. The minimum absolute atomic E-state index is 0.0605. The van der Waals surface area contributed by atoms with Crippen LogP contribution in [0.2, 0.25) is 0 Å². The first-order valence-electron chi connectivity index (χ1n) is 16.3. The number of ether oxygens (including phenoxy) is 2. The van der Waals surface area contributed by atoms with Crippen LogP contribution in [0.25, 0.3) is 0 Å². The fourth-order valence-corrected chi connectivity index (χ4v) is 4.88. The second kappa shape index (κ2) is 24.6. The molecule has 0 rings (SSSR count). The number of hydrogen-bond acceptors (Lipinski definition) is 7. The smallest absolute Gasteiger partial charge is 0.357 e. The van der Waals surface area contributed by atoms with E-state index in [0.717, 1.165) is 38.5 Å². The molecule has 39 heavy (non-hydrogen) atoms. The average molecular weight is 559 g/mol. The molecule has 7 heteroatoms. The Hall–Kier alpha value is -1.18. The van der Waals surface area contributed by atoms with Gasteiger partial charge in [-0.25, -0.2) is 0 Å². The third kappa shape index (κ3) is 20.4. The molecule has 0 saturated carbocycles. The van der Waals surface area contributed by atoms with Crippen molar-refractivity contribution < 1.29 is 34.4 Å². The fraction of sp³-hybridized carbons (Fsp3) is 0.938. The first-order chi connectivity index (χ1) is 18.7. The molecule has 7 nitrogen and oxygen atoms in total. The van der Waals surface area contributed by atoms with Crippen LogP contribution in [0.5, 0.6) is 0 Å². The summed E-state index contributed by atoms with van der Waals surface area (Å²) in [5, 5.41) is 29.7. The Bertz CT molecular complexity index is 546. The van der Waals surface area contributed by atoms with Gasteiger partial charge in [-0.2, -0.15) is 0 Å². The lowest BCUT2D eigenvalue weighted by Crippen LogP contribution is -2.59. The highest BCUT2D eigenvalue weighted by atomic mass is 16.8. The SMILES string of the molecule is CCCCCCCCCCCCCC(=O)OC(CC)(OC(=O)CCCCCCCCCCCCC)C(O)(O)O. The third-order valence-corrected chi connectivity index (χ3v) is 7.50. The van der Waals surface area contributed by atoms with E-state index in [4.69, 9.17) is 9.47 Å². The molecule has 0 amide bonds. The highest BCUT2D eigenvalue weighted by Crippen LogP contribution is 2.30. The molecule has 0 bridgehead atoms. The molecule has 0 atom stereocenters. The Morgan fingerprint density at radius 1 is 0.462 bits per heavy atom. The molecule has 3 N–H and O–H groups in total. The van der Waals surface area contributed by atoms with Gasteiger partial charge in [-0.05, 0) is 12.8 Å². The summed E-state index contributed by atoms with van der Waals surface area (Å²) < 4.78 is 10.4. The summed E-state index contributed by atoms with van der Waals surface area (Å²) in [6, 6.07) is 0. The van der Waals surface area contributed by atoms with E-state index in [-0.39, 0.29) is 19.3 Å². The molecule has 0 aromatic heterocycles. The quantitative estimate of drug-likeness (QED) is 0.0503. The molecule has 0 aliphatic carbocycles. The van der Waals surface area contributed by atoms with Crippen LogP contribution < -0.4 is 0 Å². The maximum atomic E-state index is 12.4. The van der Waals surface area contributed by atoms with E-state index in [1.54, 1.807) is 0 Å². The van der Waals surface area contributed by atoms with Crippen molar-refractivity contribution in [3.05, 3.63) is 0 Å². The molecule has 0 aliphatic heterocycles. The summed E-state index contributed by atoms with van der Waals surface area (Å²) in [6.07, 6.45) is 25.0. The summed E-state index contributed by atoms with van der Waals surface area (Å²) >= 11 is 0. The van der Waals surface area contributed by atoms with Crippen molar-refractivity contribution in [3.63, 3.8) is 0 Å². The maximum absolute atomic E-state index is 12.4. The molecule has 0 aliphatic rings. The zero-order chi connectivity index (χ0) is 29.2. The molecular weight excluding hydrogens is 496 g/mol. The Kier molecular flexibility index (Phi) is 23.9. The van der Waals surface area contributed by atoms with Gasteiger partial charge in [0.25, 0.3) is 0 Å². The van der Waals surface area contributed by atoms with Crippen LogP contribution in [0.3, 0.4) is 0 Å². The van der Waals surface area contributed by atoms with Crippen molar-refractivity contribution in [1.29, 1.82) is 0 Å². The summed E-state index contributed by atoms with van der Waals surface area (Å²) in [6.45, 7) is 5.90. The highest BCUT2D eigenvalue weighted by molar-refractivity contribution is 5.72. The van der Waals surface area contributed by atoms with Crippen LogP contribution in [0, 0.1) is 0 Å². The Morgan fingerprint density at radius 3 is 0.949 bits per heavy atom. The van der Waals surface area contributed by atoms with Gasteiger partial charge in [0.1, 0.15) is 0 Å². The van der Waals surface area contributed by atoms with E-state index in [1.165, 1.54) is 96.8 Å². The molecule has 0 aromatic rings. The van der Waals surface area contributed by atoms with Crippen LogP contribution in [0.1, 0.15) is 181 Å². The zero-order valence-electron chi connectivity index (χ0n) is 25.7. The van der Waals surface area contributed by atoms with Crippen molar-refractivity contribution in [2.75, 3.05) is 0 Å². The zero-order valence-corrected chi connectivity index (χ0v) is 25.7. The van der Waals surface area contributed by atoms with Crippen molar-refractivity contribution in [3.8, 4) is 0 Å². The monoisotopic (exact) mass is 558 g/mol. The molecule has 0 aromatic carbocycles. The normalized spacial score (nSPS) is 12.1. The number of carbonyl (C=O) groups excluding carboxylic acids is 2. The molecule has 232 valence electrons. The van der Waals surface area contributed by atoms with Gasteiger partial charge in [-0.3, -0.25) is 9.59 Å². The summed E-state index contributed by atoms with van der Waals surface area (Å²) in [5.41, 5.74) is 0. The molecule has 0 heterocycles. The minimum atomic E-state index is -3.48. The van der Waals surface area contributed by atoms with Gasteiger partial charge in [-0.15, -0.1) is 0 Å². The summed E-state index contributed by atoms with van der Waals surface area (Å²) in [5.74, 6) is -7.47. The van der Waals surface area contributed by atoms with Crippen molar-refractivity contribution in [2.24, 2.45) is 0 Å². The fourth-order valence-electron chi connectivity index (χ4n) is 4.88. The second-order valence-corrected chi connectivity index (χ2v) is 11.3. The van der Waals surface area contributed by atoms with Gasteiger partial charge in [0, 0.05) is 19.3 Å². The van der Waals surface area contributed by atoms with Crippen LogP contribution in [-0.2, 0) is 19.1 Å². The minimum Gasteiger partial charge on any atom is -0.414 e. The van der Waals surface area contributed by atoms with Gasteiger partial charge in [0.15, 0.2) is 0 Å². The van der Waals surface area contributed by atoms with Gasteiger partial charge in [0.05, 0.1) is 0 Å². The predicted molar refractivity (Wildman–Crippen MR) is 157 cm³/mol. The molecule has 0 radical (unpaired) electrons. The molecule has 0 unspecified atom stereocenters. The maximum Gasteiger partial charge on any atom is 0.357 e. The molecule has 0 saturated heterocycles. The van der Waals surface area contributed by atoms with E-state index < -0.39 is 23.7 Å². The number of aliphatic hydroxyl groups is 3. The van der Waals surface area contributed by atoms with Crippen molar-refractivity contribution in [1.82, 2.24) is 0 Å². The van der Waals surface area contributed by atoms with E-state index in [0.29, 0.717) is 12.8 Å². The van der Waals surface area contributed by atoms with Crippen molar-refractivity contribution in [2.45, 2.75) is 193 Å². The molecule has 0 fully saturated rings. The van der Waals surface area contributed by atoms with E-state index in [2.05, 4.69) is 13.8 Å². The number of unbranched alkanes of at least 4 members (excludes halogenated alkanes) is 20. The largest absolute Gasteiger partial charge is 0.414 e.